The first kappa shape index (κ1) is 13.1. The minimum atomic E-state index is -4.94. The number of terminal acetylenes is 1. The quantitative estimate of drug-likeness (QED) is 0.306. The van der Waals surface area contributed by atoms with Crippen LogP contribution in [-0.2, 0) is 0 Å². The van der Waals surface area contributed by atoms with E-state index in [9.17, 15) is 0 Å². The van der Waals surface area contributed by atoms with Gasteiger partial charge in [0.1, 0.15) is 13.6 Å². The maximum atomic E-state index is 8.49. The molecule has 14 heavy (non-hydrogen) atoms. The van der Waals surface area contributed by atoms with Crippen molar-refractivity contribution in [2.24, 2.45) is 0 Å². The van der Waals surface area contributed by atoms with Crippen LogP contribution in [0.5, 0.6) is 0 Å². The summed E-state index contributed by atoms with van der Waals surface area (Å²) >= 11 is 0. The first-order valence-electron chi connectivity index (χ1n) is 3.65. The number of halogens is 1. The van der Waals surface area contributed by atoms with Gasteiger partial charge in [-0.25, -0.2) is 23.2 Å². The van der Waals surface area contributed by atoms with Crippen LogP contribution >= 0.6 is 0 Å². The van der Waals surface area contributed by atoms with Crippen LogP contribution in [0.25, 0.3) is 0 Å². The molecule has 0 aromatic carbocycles. The van der Waals surface area contributed by atoms with E-state index in [2.05, 4.69) is 10.5 Å². The SMILES string of the molecule is C#CC1=CC=[N+](C)CC1.[O-][Cl+3]([O-])([O-])[O-]. The topological polar surface area (TPSA) is 95.2 Å². The maximum Gasteiger partial charge on any atom is 0.164 e. The molecule has 78 valence electrons. The minimum Gasteiger partial charge on any atom is -0.238 e. The molecule has 0 spiro atoms. The van der Waals surface area contributed by atoms with Crippen LogP contribution in [-0.4, -0.2) is 24.4 Å². The Morgan fingerprint density at radius 1 is 1.43 bits per heavy atom. The van der Waals surface area contributed by atoms with Crippen molar-refractivity contribution in [1.82, 2.24) is 0 Å². The standard InChI is InChI=1S/C8H10N.ClHO4/c1-3-8-4-6-9(2)7-5-8;2-1(3,4)5/h1,4,6H,5,7H2,2H3;(H,2,3,4,5)/q+1;/p-1. The molecule has 0 unspecified atom stereocenters. The van der Waals surface area contributed by atoms with Crippen molar-refractivity contribution in [2.45, 2.75) is 6.42 Å². The van der Waals surface area contributed by atoms with Crippen LogP contribution in [0, 0.1) is 22.6 Å². The Bertz CT molecular complexity index is 279. The van der Waals surface area contributed by atoms with E-state index in [4.69, 9.17) is 25.1 Å². The maximum absolute atomic E-state index is 8.49. The minimum absolute atomic E-state index is 1.02. The highest BCUT2D eigenvalue weighted by Crippen LogP contribution is 2.00. The van der Waals surface area contributed by atoms with E-state index in [-0.39, 0.29) is 0 Å². The summed E-state index contributed by atoms with van der Waals surface area (Å²) in [4.78, 5) is 0. The van der Waals surface area contributed by atoms with Gasteiger partial charge in [-0.1, -0.05) is 5.92 Å². The lowest BCUT2D eigenvalue weighted by molar-refractivity contribution is -2.00. The van der Waals surface area contributed by atoms with Gasteiger partial charge in [0, 0.05) is 18.1 Å². The average molecular weight is 220 g/mol. The highest BCUT2D eigenvalue weighted by atomic mass is 35.7. The molecule has 1 rings (SSSR count). The molecule has 0 N–H and O–H groups in total. The number of hydrogen-bond donors (Lipinski definition) is 0. The predicted molar refractivity (Wildman–Crippen MR) is 38.6 cm³/mol. The molecule has 0 aromatic rings. The molecule has 6 heteroatoms. The van der Waals surface area contributed by atoms with Gasteiger partial charge < -0.3 is 0 Å². The molecule has 5 nitrogen and oxygen atoms in total. The molecule has 1 heterocycles. The average Bonchev–Trinajstić information content (AvgIpc) is 2.03. The fourth-order valence-corrected chi connectivity index (χ4v) is 0.792. The third kappa shape index (κ3) is 9.19. The molecule has 0 saturated carbocycles. The second-order valence-corrected chi connectivity index (χ2v) is 3.35. The van der Waals surface area contributed by atoms with Crippen molar-refractivity contribution < 1.29 is 33.5 Å². The summed E-state index contributed by atoms with van der Waals surface area (Å²) in [6.45, 7) is 1.05. The van der Waals surface area contributed by atoms with Crippen molar-refractivity contribution in [3.05, 3.63) is 11.6 Å². The molecule has 0 fully saturated rings. The van der Waals surface area contributed by atoms with Crippen LogP contribution in [0.4, 0.5) is 0 Å². The van der Waals surface area contributed by atoms with Gasteiger partial charge >= 0.3 is 0 Å². The monoisotopic (exact) mass is 219 g/mol. The van der Waals surface area contributed by atoms with E-state index in [0.29, 0.717) is 0 Å². The summed E-state index contributed by atoms with van der Waals surface area (Å²) in [6.07, 6.45) is 10.2. The van der Waals surface area contributed by atoms with Gasteiger partial charge in [0.05, 0.1) is 0 Å². The lowest BCUT2D eigenvalue weighted by atomic mass is 10.1. The third-order valence-corrected chi connectivity index (χ3v) is 1.45. The van der Waals surface area contributed by atoms with Crippen molar-refractivity contribution in [3.8, 4) is 12.3 Å². The van der Waals surface area contributed by atoms with Gasteiger partial charge in [-0.3, -0.25) is 0 Å². The Hall–Kier alpha value is -0.900. The molecule has 0 aliphatic carbocycles. The highest BCUT2D eigenvalue weighted by molar-refractivity contribution is 5.69. The summed E-state index contributed by atoms with van der Waals surface area (Å²) in [5, 5.41) is 0. The first-order valence-corrected chi connectivity index (χ1v) is 4.89. The Morgan fingerprint density at radius 3 is 2.21 bits per heavy atom. The van der Waals surface area contributed by atoms with E-state index in [1.807, 2.05) is 19.3 Å². The van der Waals surface area contributed by atoms with Gasteiger partial charge in [0.15, 0.2) is 6.21 Å². The zero-order valence-corrected chi connectivity index (χ0v) is 8.36. The van der Waals surface area contributed by atoms with Crippen molar-refractivity contribution >= 4 is 6.21 Å². The van der Waals surface area contributed by atoms with Gasteiger partial charge in [-0.15, -0.1) is 16.7 Å². The van der Waals surface area contributed by atoms with Crippen molar-refractivity contribution in [1.29, 1.82) is 0 Å². The summed E-state index contributed by atoms with van der Waals surface area (Å²) < 4.78 is 36.1. The first-order chi connectivity index (χ1) is 6.33. The third-order valence-electron chi connectivity index (χ3n) is 1.45. The van der Waals surface area contributed by atoms with E-state index in [1.165, 1.54) is 0 Å². The Kier molecular flexibility index (Phi) is 5.38. The Morgan fingerprint density at radius 2 is 1.93 bits per heavy atom. The van der Waals surface area contributed by atoms with Crippen LogP contribution < -0.4 is 18.6 Å². The summed E-state index contributed by atoms with van der Waals surface area (Å²) in [5.74, 6) is 2.63. The van der Waals surface area contributed by atoms with Gasteiger partial charge in [0.2, 0.25) is 0 Å². The Balaban J connectivity index is 0.000000292. The van der Waals surface area contributed by atoms with Crippen molar-refractivity contribution in [2.75, 3.05) is 13.6 Å². The molecule has 0 radical (unpaired) electrons. The molecule has 0 aromatic heterocycles. The predicted octanol–water partition coefficient (Wildman–Crippen LogP) is -4.09. The van der Waals surface area contributed by atoms with E-state index in [1.54, 1.807) is 0 Å². The Labute approximate surface area is 84.3 Å². The summed E-state index contributed by atoms with van der Waals surface area (Å²) in [7, 11) is -2.90. The number of allylic oxidation sites excluding steroid dienone is 1. The van der Waals surface area contributed by atoms with Crippen LogP contribution in [0.2, 0.25) is 0 Å². The normalized spacial score (nSPS) is 15.7. The molecule has 1 aliphatic rings. The van der Waals surface area contributed by atoms with E-state index < -0.39 is 10.2 Å². The van der Waals surface area contributed by atoms with Gasteiger partial charge in [-0.2, -0.15) is 0 Å². The molecular weight excluding hydrogens is 210 g/mol. The second-order valence-electron chi connectivity index (χ2n) is 2.59. The molecule has 0 bridgehead atoms. The fourth-order valence-electron chi connectivity index (χ4n) is 0.792. The number of rotatable bonds is 0. The lowest BCUT2D eigenvalue weighted by Gasteiger charge is -2.17. The molecule has 0 saturated heterocycles. The van der Waals surface area contributed by atoms with E-state index in [0.717, 1.165) is 18.5 Å². The zero-order valence-electron chi connectivity index (χ0n) is 7.60. The largest absolute Gasteiger partial charge is 0.238 e. The summed E-state index contributed by atoms with van der Waals surface area (Å²) in [5.41, 5.74) is 1.10. The number of hydrogen-bond acceptors (Lipinski definition) is 4. The molecule has 0 atom stereocenters. The lowest BCUT2D eigenvalue weighted by Crippen LogP contribution is -2.68. The second kappa shape index (κ2) is 5.75. The fraction of sp³-hybridized carbons (Fsp3) is 0.375. The summed E-state index contributed by atoms with van der Waals surface area (Å²) in [6, 6.07) is 0. The molecular formula is C8H10ClNO4. The zero-order chi connectivity index (χ0) is 11.2. The highest BCUT2D eigenvalue weighted by Gasteiger charge is 2.03. The molecule has 1 aliphatic heterocycles. The molecule has 0 amide bonds. The number of nitrogens with zero attached hydrogens (tertiary/aromatic N) is 1. The smallest absolute Gasteiger partial charge is 0.164 e. The van der Waals surface area contributed by atoms with Crippen LogP contribution in [0.1, 0.15) is 6.42 Å². The van der Waals surface area contributed by atoms with Gasteiger partial charge in [-0.05, 0) is 0 Å². The van der Waals surface area contributed by atoms with Crippen LogP contribution in [0.3, 0.4) is 0 Å². The van der Waals surface area contributed by atoms with Gasteiger partial charge in [0.25, 0.3) is 0 Å². The van der Waals surface area contributed by atoms with Crippen molar-refractivity contribution in [3.63, 3.8) is 0 Å². The van der Waals surface area contributed by atoms with E-state index >= 15 is 0 Å². The van der Waals surface area contributed by atoms with Crippen LogP contribution in [0.15, 0.2) is 11.6 Å².